The van der Waals surface area contributed by atoms with Crippen molar-refractivity contribution in [3.63, 3.8) is 0 Å². The maximum absolute atomic E-state index is 12.4. The molecule has 0 unspecified atom stereocenters. The van der Waals surface area contributed by atoms with E-state index in [0.717, 1.165) is 33.5 Å². The number of rotatable bonds is 6. The first-order valence-electron chi connectivity index (χ1n) is 10.4. The molecule has 1 aromatic carbocycles. The summed E-state index contributed by atoms with van der Waals surface area (Å²) in [6.07, 6.45) is 4.72. The Morgan fingerprint density at radius 3 is 2.65 bits per heavy atom. The van der Waals surface area contributed by atoms with Gasteiger partial charge in [0.2, 0.25) is 0 Å². The molecule has 2 N–H and O–H groups in total. The summed E-state index contributed by atoms with van der Waals surface area (Å²) < 4.78 is 30.6. The van der Waals surface area contributed by atoms with Crippen LogP contribution in [0.15, 0.2) is 47.7 Å². The predicted octanol–water partition coefficient (Wildman–Crippen LogP) is 3.21. The molecule has 0 aliphatic carbocycles. The molecule has 0 bridgehead atoms. The van der Waals surface area contributed by atoms with E-state index in [2.05, 4.69) is 11.1 Å². The summed E-state index contributed by atoms with van der Waals surface area (Å²) in [6.45, 7) is 3.65. The predicted molar refractivity (Wildman–Crippen MR) is 120 cm³/mol. The number of nitrogens with zero attached hydrogens (tertiary/aromatic N) is 1. The van der Waals surface area contributed by atoms with Gasteiger partial charge in [-0.1, -0.05) is 6.07 Å². The molecule has 1 aromatic heterocycles. The van der Waals surface area contributed by atoms with Gasteiger partial charge in [-0.05, 0) is 90.4 Å². The van der Waals surface area contributed by atoms with Crippen LogP contribution in [-0.2, 0) is 14.6 Å². The first kappa shape index (κ1) is 21.7. The molecular formula is C24H27NO5S. The second-order valence-electron chi connectivity index (χ2n) is 8.26. The second-order valence-corrected chi connectivity index (χ2v) is 10.4. The van der Waals surface area contributed by atoms with Crippen molar-refractivity contribution in [2.75, 3.05) is 19.0 Å². The van der Waals surface area contributed by atoms with Crippen molar-refractivity contribution in [1.82, 2.24) is 4.98 Å². The van der Waals surface area contributed by atoms with E-state index in [0.29, 0.717) is 24.2 Å². The largest absolute Gasteiger partial charge is 0.507 e. The number of aliphatic hydroxyl groups excluding tert-OH is 1. The highest BCUT2D eigenvalue weighted by atomic mass is 32.2. The quantitative estimate of drug-likeness (QED) is 0.668. The summed E-state index contributed by atoms with van der Waals surface area (Å²) in [5.74, 6) is 0.228. The van der Waals surface area contributed by atoms with Gasteiger partial charge in [0, 0.05) is 6.20 Å². The molecule has 1 saturated heterocycles. The van der Waals surface area contributed by atoms with Gasteiger partial charge in [0.1, 0.15) is 11.0 Å². The number of hydrogen-bond donors (Lipinski definition) is 2. The van der Waals surface area contributed by atoms with Crippen molar-refractivity contribution in [2.45, 2.75) is 38.0 Å². The first-order chi connectivity index (χ1) is 14.8. The van der Waals surface area contributed by atoms with E-state index in [-0.39, 0.29) is 25.1 Å². The summed E-state index contributed by atoms with van der Waals surface area (Å²) in [7, 11) is -3.28. The molecule has 0 radical (unpaired) electrons. The number of aromatic nitrogens is 1. The molecule has 6 nitrogen and oxygen atoms in total. The SMILES string of the molecule is Cc1cc(/C=C(/CC[C@H]2OC[C@H]3C2=C(CO)CS3(=O)=O)c2ccccn2)cc(C)c1O. The third-order valence-electron chi connectivity index (χ3n) is 6.07. The van der Waals surface area contributed by atoms with Crippen molar-refractivity contribution in [3.05, 3.63) is 70.1 Å². The Bertz CT molecular complexity index is 1130. The van der Waals surface area contributed by atoms with E-state index < -0.39 is 15.1 Å². The van der Waals surface area contributed by atoms with Gasteiger partial charge in [-0.3, -0.25) is 4.98 Å². The summed E-state index contributed by atoms with van der Waals surface area (Å²) in [6, 6.07) is 9.61. The van der Waals surface area contributed by atoms with Crippen LogP contribution in [0.25, 0.3) is 11.6 Å². The lowest BCUT2D eigenvalue weighted by Gasteiger charge is -2.15. The Hall–Kier alpha value is -2.48. The number of benzene rings is 1. The number of allylic oxidation sites excluding steroid dienone is 1. The fourth-order valence-electron chi connectivity index (χ4n) is 4.53. The molecule has 7 heteroatoms. The van der Waals surface area contributed by atoms with Crippen LogP contribution in [0, 0.1) is 13.8 Å². The zero-order valence-electron chi connectivity index (χ0n) is 17.7. The molecule has 4 rings (SSSR count). The monoisotopic (exact) mass is 441 g/mol. The van der Waals surface area contributed by atoms with Crippen molar-refractivity contribution in [1.29, 1.82) is 0 Å². The average Bonchev–Trinajstić information content (AvgIpc) is 3.29. The smallest absolute Gasteiger partial charge is 0.163 e. The van der Waals surface area contributed by atoms with E-state index in [4.69, 9.17) is 4.74 Å². The van der Waals surface area contributed by atoms with Crippen LogP contribution in [0.2, 0.25) is 0 Å². The van der Waals surface area contributed by atoms with Gasteiger partial charge < -0.3 is 14.9 Å². The zero-order chi connectivity index (χ0) is 22.2. The molecule has 3 heterocycles. The van der Waals surface area contributed by atoms with E-state index in [1.807, 2.05) is 44.2 Å². The molecule has 0 amide bonds. The third-order valence-corrected chi connectivity index (χ3v) is 8.08. The van der Waals surface area contributed by atoms with E-state index in [1.165, 1.54) is 0 Å². The molecular weight excluding hydrogens is 414 g/mol. The topological polar surface area (TPSA) is 96.7 Å². The van der Waals surface area contributed by atoms with Crippen molar-refractivity contribution in [2.24, 2.45) is 0 Å². The summed E-state index contributed by atoms with van der Waals surface area (Å²) in [5.41, 5.74) is 5.77. The number of aromatic hydroxyl groups is 1. The number of phenols is 1. The van der Waals surface area contributed by atoms with Gasteiger partial charge in [-0.2, -0.15) is 0 Å². The number of aryl methyl sites for hydroxylation is 2. The minimum Gasteiger partial charge on any atom is -0.507 e. The van der Waals surface area contributed by atoms with E-state index in [9.17, 15) is 18.6 Å². The molecule has 164 valence electrons. The standard InChI is InChI=1S/C24H27NO5S/c1-15-9-17(10-16(2)24(15)27)11-18(20-5-3-4-8-25-20)6-7-21-23-19(12-26)14-31(28,29)22(23)13-30-21/h3-5,8-11,21-22,26-27H,6-7,12-14H2,1-2H3/b18-11-/t21-,22+/m1/s1. The number of fused-ring (bicyclic) bond motifs is 1. The highest BCUT2D eigenvalue weighted by molar-refractivity contribution is 7.92. The van der Waals surface area contributed by atoms with Crippen molar-refractivity contribution < 1.29 is 23.4 Å². The number of hydrogen-bond acceptors (Lipinski definition) is 6. The first-order valence-corrected chi connectivity index (χ1v) is 12.1. The lowest BCUT2D eigenvalue weighted by molar-refractivity contribution is 0.118. The molecule has 0 spiro atoms. The second kappa shape index (κ2) is 8.57. The molecule has 2 aliphatic rings. The van der Waals surface area contributed by atoms with Crippen molar-refractivity contribution >= 4 is 21.5 Å². The number of pyridine rings is 1. The van der Waals surface area contributed by atoms with Crippen LogP contribution in [0.5, 0.6) is 5.75 Å². The zero-order valence-corrected chi connectivity index (χ0v) is 18.5. The number of sulfone groups is 1. The Kier molecular flexibility index (Phi) is 6.01. The summed E-state index contributed by atoms with van der Waals surface area (Å²) >= 11 is 0. The lowest BCUT2D eigenvalue weighted by atomic mass is 9.95. The van der Waals surface area contributed by atoms with Crippen LogP contribution in [0.3, 0.4) is 0 Å². The molecule has 2 aromatic rings. The normalized spacial score (nSPS) is 22.7. The average molecular weight is 442 g/mol. The van der Waals surface area contributed by atoms with Crippen LogP contribution >= 0.6 is 0 Å². The van der Waals surface area contributed by atoms with Gasteiger partial charge in [0.15, 0.2) is 9.84 Å². The number of ether oxygens (including phenoxy) is 1. The van der Waals surface area contributed by atoms with Gasteiger partial charge in [-0.15, -0.1) is 0 Å². The van der Waals surface area contributed by atoms with Crippen LogP contribution in [0.1, 0.15) is 35.2 Å². The van der Waals surface area contributed by atoms with Gasteiger partial charge >= 0.3 is 0 Å². The van der Waals surface area contributed by atoms with Crippen molar-refractivity contribution in [3.8, 4) is 5.75 Å². The molecule has 1 fully saturated rings. The maximum atomic E-state index is 12.4. The maximum Gasteiger partial charge on any atom is 0.163 e. The third kappa shape index (κ3) is 4.31. The summed E-state index contributed by atoms with van der Waals surface area (Å²) in [5, 5.41) is 19.1. The fraction of sp³-hybridized carbons (Fsp3) is 0.375. The highest BCUT2D eigenvalue weighted by Crippen LogP contribution is 2.39. The lowest BCUT2D eigenvalue weighted by Crippen LogP contribution is -2.19. The fourth-order valence-corrected chi connectivity index (χ4v) is 6.47. The van der Waals surface area contributed by atoms with E-state index in [1.54, 1.807) is 6.20 Å². The Labute approximate surface area is 182 Å². The van der Waals surface area contributed by atoms with Crippen LogP contribution in [0.4, 0.5) is 0 Å². The number of aliphatic hydroxyl groups is 1. The van der Waals surface area contributed by atoms with E-state index >= 15 is 0 Å². The Morgan fingerprint density at radius 2 is 2.00 bits per heavy atom. The van der Waals surface area contributed by atoms with Gasteiger partial charge in [0.25, 0.3) is 0 Å². The summed E-state index contributed by atoms with van der Waals surface area (Å²) in [4.78, 5) is 4.50. The molecule has 31 heavy (non-hydrogen) atoms. The Morgan fingerprint density at radius 1 is 1.26 bits per heavy atom. The minimum atomic E-state index is -3.28. The van der Waals surface area contributed by atoms with Gasteiger partial charge in [-0.25, -0.2) is 8.42 Å². The number of phenolic OH excluding ortho intramolecular Hbond substituents is 1. The van der Waals surface area contributed by atoms with Crippen LogP contribution in [-0.4, -0.2) is 53.9 Å². The minimum absolute atomic E-state index is 0.0711. The van der Waals surface area contributed by atoms with Gasteiger partial charge in [0.05, 0.1) is 30.8 Å². The Balaban J connectivity index is 1.63. The van der Waals surface area contributed by atoms with Crippen LogP contribution < -0.4 is 0 Å². The molecule has 2 atom stereocenters. The highest BCUT2D eigenvalue weighted by Gasteiger charge is 2.46. The molecule has 2 aliphatic heterocycles. The molecule has 0 saturated carbocycles.